The first kappa shape index (κ1) is 10.7. The molecule has 0 N–H and O–H groups in total. The van der Waals surface area contributed by atoms with E-state index in [4.69, 9.17) is 9.47 Å². The van der Waals surface area contributed by atoms with Crippen molar-refractivity contribution in [2.45, 2.75) is 12.5 Å². The standard InChI is InChI=1S/C13H13NO2S/c1-15-6-9-8-17-13(14-9)11-7-16-12-5-3-2-4-10(11)12/h2-5,8,11H,6-7H2,1H3. The van der Waals surface area contributed by atoms with Gasteiger partial charge in [0.2, 0.25) is 0 Å². The lowest BCUT2D eigenvalue weighted by Crippen LogP contribution is -2.02. The van der Waals surface area contributed by atoms with Crippen LogP contribution in [0.5, 0.6) is 5.75 Å². The zero-order valence-corrected chi connectivity index (χ0v) is 10.4. The van der Waals surface area contributed by atoms with E-state index in [0.717, 1.165) is 16.5 Å². The van der Waals surface area contributed by atoms with Crippen molar-refractivity contribution in [1.82, 2.24) is 4.98 Å². The first-order chi connectivity index (χ1) is 8.38. The average Bonchev–Trinajstić information content (AvgIpc) is 2.95. The van der Waals surface area contributed by atoms with Gasteiger partial charge in [-0.25, -0.2) is 4.98 Å². The Morgan fingerprint density at radius 2 is 2.35 bits per heavy atom. The van der Waals surface area contributed by atoms with Gasteiger partial charge in [0.05, 0.1) is 18.2 Å². The fraction of sp³-hybridized carbons (Fsp3) is 0.308. The Hall–Kier alpha value is -1.39. The van der Waals surface area contributed by atoms with E-state index in [2.05, 4.69) is 16.4 Å². The topological polar surface area (TPSA) is 31.4 Å². The molecule has 1 aliphatic rings. The zero-order valence-electron chi connectivity index (χ0n) is 9.55. The van der Waals surface area contributed by atoms with Crippen LogP contribution in [0.1, 0.15) is 22.2 Å². The molecule has 88 valence electrons. The van der Waals surface area contributed by atoms with E-state index in [1.54, 1.807) is 18.4 Å². The zero-order chi connectivity index (χ0) is 11.7. The molecule has 1 aliphatic heterocycles. The van der Waals surface area contributed by atoms with E-state index in [-0.39, 0.29) is 5.92 Å². The fourth-order valence-electron chi connectivity index (χ4n) is 2.06. The Kier molecular flexibility index (Phi) is 2.82. The van der Waals surface area contributed by atoms with Crippen LogP contribution in [0.25, 0.3) is 0 Å². The number of ether oxygens (including phenoxy) is 2. The minimum Gasteiger partial charge on any atom is -0.492 e. The van der Waals surface area contributed by atoms with Crippen molar-refractivity contribution in [3.8, 4) is 5.75 Å². The minimum atomic E-state index is 0.279. The highest BCUT2D eigenvalue weighted by molar-refractivity contribution is 7.09. The van der Waals surface area contributed by atoms with Crippen molar-refractivity contribution in [2.24, 2.45) is 0 Å². The van der Waals surface area contributed by atoms with Gasteiger partial charge >= 0.3 is 0 Å². The lowest BCUT2D eigenvalue weighted by molar-refractivity contribution is 0.182. The Morgan fingerprint density at radius 1 is 1.47 bits per heavy atom. The number of para-hydroxylation sites is 1. The van der Waals surface area contributed by atoms with Crippen LogP contribution in [-0.4, -0.2) is 18.7 Å². The molecule has 0 bridgehead atoms. The second kappa shape index (κ2) is 4.47. The van der Waals surface area contributed by atoms with Gasteiger partial charge < -0.3 is 9.47 Å². The first-order valence-corrected chi connectivity index (χ1v) is 6.41. The summed E-state index contributed by atoms with van der Waals surface area (Å²) in [6, 6.07) is 8.17. The second-order valence-electron chi connectivity index (χ2n) is 4.01. The normalized spacial score (nSPS) is 17.8. The van der Waals surface area contributed by atoms with Crippen molar-refractivity contribution >= 4 is 11.3 Å². The van der Waals surface area contributed by atoms with Gasteiger partial charge in [0.15, 0.2) is 0 Å². The molecule has 0 radical (unpaired) electrons. The van der Waals surface area contributed by atoms with Gasteiger partial charge in [0.25, 0.3) is 0 Å². The van der Waals surface area contributed by atoms with Crippen LogP contribution in [0.3, 0.4) is 0 Å². The Bertz CT molecular complexity index is 524. The molecular weight excluding hydrogens is 234 g/mol. The van der Waals surface area contributed by atoms with E-state index in [9.17, 15) is 0 Å². The van der Waals surface area contributed by atoms with Gasteiger partial charge in [-0.3, -0.25) is 0 Å². The monoisotopic (exact) mass is 247 g/mol. The molecule has 3 nitrogen and oxygen atoms in total. The van der Waals surface area contributed by atoms with Crippen molar-refractivity contribution in [3.63, 3.8) is 0 Å². The Morgan fingerprint density at radius 3 is 3.24 bits per heavy atom. The molecule has 1 atom stereocenters. The number of fused-ring (bicyclic) bond motifs is 1. The van der Waals surface area contributed by atoms with E-state index >= 15 is 0 Å². The molecule has 0 fully saturated rings. The summed E-state index contributed by atoms with van der Waals surface area (Å²) in [5, 5.41) is 3.17. The number of aromatic nitrogens is 1. The smallest absolute Gasteiger partial charge is 0.123 e. The number of hydrogen-bond acceptors (Lipinski definition) is 4. The summed E-state index contributed by atoms with van der Waals surface area (Å²) in [6.45, 7) is 1.27. The van der Waals surface area contributed by atoms with Gasteiger partial charge in [0.1, 0.15) is 17.4 Å². The van der Waals surface area contributed by atoms with E-state index < -0.39 is 0 Å². The molecule has 0 saturated carbocycles. The number of benzene rings is 1. The van der Waals surface area contributed by atoms with Crippen LogP contribution < -0.4 is 4.74 Å². The largest absolute Gasteiger partial charge is 0.492 e. The van der Waals surface area contributed by atoms with Gasteiger partial charge in [-0.1, -0.05) is 18.2 Å². The van der Waals surface area contributed by atoms with Crippen molar-refractivity contribution in [2.75, 3.05) is 13.7 Å². The third-order valence-electron chi connectivity index (χ3n) is 2.86. The quantitative estimate of drug-likeness (QED) is 0.835. The predicted octanol–water partition coefficient (Wildman–Crippen LogP) is 2.81. The molecule has 1 aromatic carbocycles. The number of thiazole rings is 1. The molecular formula is C13H13NO2S. The molecule has 3 rings (SSSR count). The van der Waals surface area contributed by atoms with Gasteiger partial charge in [-0.2, -0.15) is 0 Å². The van der Waals surface area contributed by atoms with Crippen LogP contribution in [0.15, 0.2) is 29.6 Å². The molecule has 17 heavy (non-hydrogen) atoms. The summed E-state index contributed by atoms with van der Waals surface area (Å²) >= 11 is 1.68. The van der Waals surface area contributed by atoms with E-state index in [0.29, 0.717) is 13.2 Å². The number of hydrogen-bond donors (Lipinski definition) is 0. The number of rotatable bonds is 3. The van der Waals surface area contributed by atoms with Crippen LogP contribution in [0.4, 0.5) is 0 Å². The molecule has 4 heteroatoms. The summed E-state index contributed by atoms with van der Waals surface area (Å²) in [5.74, 6) is 1.27. The van der Waals surface area contributed by atoms with Crippen molar-refractivity contribution in [3.05, 3.63) is 45.9 Å². The number of methoxy groups -OCH3 is 1. The molecule has 1 unspecified atom stereocenters. The number of nitrogens with zero attached hydrogens (tertiary/aromatic N) is 1. The SMILES string of the molecule is COCc1csc(C2COc3ccccc32)n1. The molecule has 0 amide bonds. The van der Waals surface area contributed by atoms with E-state index in [1.807, 2.05) is 18.2 Å². The summed E-state index contributed by atoms with van der Waals surface area (Å²) in [7, 11) is 1.69. The summed E-state index contributed by atoms with van der Waals surface area (Å²) in [5.41, 5.74) is 2.24. The highest BCUT2D eigenvalue weighted by Crippen LogP contribution is 2.38. The maximum absolute atomic E-state index is 5.67. The highest BCUT2D eigenvalue weighted by atomic mass is 32.1. The fourth-order valence-corrected chi connectivity index (χ4v) is 2.97. The van der Waals surface area contributed by atoms with Crippen LogP contribution in [0.2, 0.25) is 0 Å². The molecule has 0 saturated heterocycles. The van der Waals surface area contributed by atoms with Crippen LogP contribution in [0, 0.1) is 0 Å². The van der Waals surface area contributed by atoms with Gasteiger partial charge in [0, 0.05) is 18.1 Å². The minimum absolute atomic E-state index is 0.279. The Balaban J connectivity index is 1.90. The predicted molar refractivity (Wildman–Crippen MR) is 66.6 cm³/mol. The van der Waals surface area contributed by atoms with Crippen molar-refractivity contribution < 1.29 is 9.47 Å². The molecule has 2 heterocycles. The average molecular weight is 247 g/mol. The maximum Gasteiger partial charge on any atom is 0.123 e. The van der Waals surface area contributed by atoms with E-state index in [1.165, 1.54) is 5.56 Å². The lowest BCUT2D eigenvalue weighted by Gasteiger charge is -2.03. The van der Waals surface area contributed by atoms with Crippen LogP contribution in [-0.2, 0) is 11.3 Å². The summed E-state index contributed by atoms with van der Waals surface area (Å²) in [6.07, 6.45) is 0. The third-order valence-corrected chi connectivity index (χ3v) is 3.87. The lowest BCUT2D eigenvalue weighted by atomic mass is 10.0. The molecule has 0 spiro atoms. The Labute approximate surface area is 104 Å². The molecule has 1 aromatic heterocycles. The first-order valence-electron chi connectivity index (χ1n) is 5.53. The molecule has 0 aliphatic carbocycles. The van der Waals surface area contributed by atoms with Crippen molar-refractivity contribution in [1.29, 1.82) is 0 Å². The molecule has 2 aromatic rings. The second-order valence-corrected chi connectivity index (χ2v) is 4.90. The van der Waals surface area contributed by atoms with Crippen LogP contribution >= 0.6 is 11.3 Å². The third kappa shape index (κ3) is 1.94. The van der Waals surface area contributed by atoms with Gasteiger partial charge in [-0.15, -0.1) is 11.3 Å². The summed E-state index contributed by atoms with van der Waals surface area (Å²) in [4.78, 5) is 4.59. The van der Waals surface area contributed by atoms with Gasteiger partial charge in [-0.05, 0) is 6.07 Å². The highest BCUT2D eigenvalue weighted by Gasteiger charge is 2.27. The summed E-state index contributed by atoms with van der Waals surface area (Å²) < 4.78 is 10.8. The maximum atomic E-state index is 5.67.